The smallest absolute Gasteiger partial charge is 0.408 e. The number of alkyl carbamates (subject to hydrolysis) is 1. The van der Waals surface area contributed by atoms with E-state index in [2.05, 4.69) is 12.2 Å². The Kier molecular flexibility index (Phi) is 13.1. The van der Waals surface area contributed by atoms with E-state index in [0.717, 1.165) is 38.9 Å². The number of nitrogens with zero attached hydrogens (tertiary/aromatic N) is 2. The molecule has 0 aromatic heterocycles. The van der Waals surface area contributed by atoms with Crippen molar-refractivity contribution in [1.82, 2.24) is 15.1 Å². The van der Waals surface area contributed by atoms with Crippen molar-refractivity contribution >= 4 is 17.9 Å². The highest BCUT2D eigenvalue weighted by Gasteiger charge is 2.41. The van der Waals surface area contributed by atoms with Gasteiger partial charge in [0.2, 0.25) is 5.91 Å². The molecule has 5 aromatic carbocycles. The van der Waals surface area contributed by atoms with Crippen LogP contribution in [0.1, 0.15) is 65.2 Å². The van der Waals surface area contributed by atoms with Gasteiger partial charge in [-0.05, 0) is 58.1 Å². The van der Waals surface area contributed by atoms with E-state index in [1.54, 1.807) is 24.3 Å². The van der Waals surface area contributed by atoms with Gasteiger partial charge in [-0.1, -0.05) is 122 Å². The topological polar surface area (TPSA) is 158 Å². The number of likely N-dealkylation sites (tertiary alicyclic amines) is 1. The molecule has 7 rings (SSSR count). The number of aliphatic hydroxyl groups is 2. The molecule has 0 saturated carbocycles. The predicted molar refractivity (Wildman–Crippen MR) is 219 cm³/mol. The number of carbonyl (C=O) groups excluding carboxylic acids is 3. The molecule has 12 nitrogen and oxygen atoms in total. The molecule has 0 aliphatic carbocycles. The largest absolute Gasteiger partial charge is 0.508 e. The molecule has 0 radical (unpaired) electrons. The molecule has 6 atom stereocenters. The number of rotatable bonds is 14. The number of phenols is 1. The summed E-state index contributed by atoms with van der Waals surface area (Å²) in [5.74, 6) is -0.865. The quantitative estimate of drug-likeness (QED) is 0.0907. The van der Waals surface area contributed by atoms with E-state index in [1.165, 1.54) is 4.90 Å². The van der Waals surface area contributed by atoms with Crippen molar-refractivity contribution in [2.75, 3.05) is 20.1 Å². The van der Waals surface area contributed by atoms with Gasteiger partial charge < -0.3 is 39.7 Å². The predicted octanol–water partition coefficient (Wildman–Crippen LogP) is 6.56. The second-order valence-electron chi connectivity index (χ2n) is 15.2. The number of aliphatic hydroxyl groups excluding tert-OH is 2. The number of amides is 3. The zero-order valence-corrected chi connectivity index (χ0v) is 33.0. The molecule has 5 aromatic rings. The Bertz CT molecular complexity index is 2220. The van der Waals surface area contributed by atoms with E-state index in [-0.39, 0.29) is 56.0 Å². The van der Waals surface area contributed by atoms with Crippen LogP contribution in [0.2, 0.25) is 0 Å². The highest BCUT2D eigenvalue weighted by atomic mass is 16.7. The molecular formula is C47H49N3O9. The molecule has 12 heteroatoms. The standard InChI is InChI=1S/C47H49N3O9/c1-30-42(27-49(2)26-41(53)36-12-8-13-38(52)23-36)58-46(59-44(30)34-17-15-31(28-51)16-18-34)35-21-19-33(20-22-35)39-14-7-6-11-37(39)25-50-43(54)24-40(45(50)55)48-47(56)57-29-32-9-4-3-5-10-32/h3-23,30,40-42,44,46,51-53H,24-29H2,1-2H3,(H,48,56). The normalized spacial score (nSPS) is 21.1. The zero-order valence-electron chi connectivity index (χ0n) is 33.0. The molecule has 4 N–H and O–H groups in total. The summed E-state index contributed by atoms with van der Waals surface area (Å²) in [6.07, 6.45) is -3.10. The Morgan fingerprint density at radius 2 is 1.59 bits per heavy atom. The fourth-order valence-electron chi connectivity index (χ4n) is 7.64. The van der Waals surface area contributed by atoms with Crippen molar-refractivity contribution in [3.05, 3.63) is 161 Å². The van der Waals surface area contributed by atoms with E-state index >= 15 is 0 Å². The number of hydrogen-bond donors (Lipinski definition) is 4. The van der Waals surface area contributed by atoms with Gasteiger partial charge in [-0.3, -0.25) is 14.5 Å². The minimum Gasteiger partial charge on any atom is -0.508 e. The Hall–Kier alpha value is -5.89. The van der Waals surface area contributed by atoms with E-state index in [9.17, 15) is 29.7 Å². The molecule has 0 bridgehead atoms. The van der Waals surface area contributed by atoms with Crippen molar-refractivity contribution in [3.8, 4) is 16.9 Å². The average molecular weight is 800 g/mol. The first-order chi connectivity index (χ1) is 28.6. The van der Waals surface area contributed by atoms with E-state index in [0.29, 0.717) is 18.7 Å². The molecule has 2 aliphatic rings. The number of ether oxygens (including phenoxy) is 3. The third kappa shape index (κ3) is 10.0. The van der Waals surface area contributed by atoms with Crippen molar-refractivity contribution in [2.24, 2.45) is 5.92 Å². The number of carbonyl (C=O) groups is 3. The number of nitrogens with one attached hydrogen (secondary N) is 1. The molecular weight excluding hydrogens is 751 g/mol. The Morgan fingerprint density at radius 3 is 2.32 bits per heavy atom. The Morgan fingerprint density at radius 1 is 0.881 bits per heavy atom. The van der Waals surface area contributed by atoms with Crippen LogP contribution < -0.4 is 5.32 Å². The minimum absolute atomic E-state index is 0.0334. The number of hydrogen-bond acceptors (Lipinski definition) is 10. The van der Waals surface area contributed by atoms with Gasteiger partial charge in [0.25, 0.3) is 5.91 Å². The van der Waals surface area contributed by atoms with Crippen LogP contribution in [0.3, 0.4) is 0 Å². The lowest BCUT2D eigenvalue weighted by molar-refractivity contribution is -0.276. The fourth-order valence-corrected chi connectivity index (χ4v) is 7.64. The van der Waals surface area contributed by atoms with Crippen molar-refractivity contribution < 1.29 is 43.9 Å². The van der Waals surface area contributed by atoms with Crippen LogP contribution in [-0.2, 0) is 43.6 Å². The van der Waals surface area contributed by atoms with Crippen LogP contribution in [0.5, 0.6) is 5.75 Å². The lowest BCUT2D eigenvalue weighted by Gasteiger charge is -2.42. The lowest BCUT2D eigenvalue weighted by Crippen LogP contribution is -2.44. The summed E-state index contributed by atoms with van der Waals surface area (Å²) in [6, 6.07) is 37.8. The van der Waals surface area contributed by atoms with Gasteiger partial charge in [-0.2, -0.15) is 0 Å². The number of likely N-dealkylation sites (N-methyl/N-ethyl adjacent to an activating group) is 1. The van der Waals surface area contributed by atoms with Gasteiger partial charge in [0.1, 0.15) is 18.4 Å². The van der Waals surface area contributed by atoms with Crippen LogP contribution in [0.4, 0.5) is 4.79 Å². The van der Waals surface area contributed by atoms with Crippen molar-refractivity contribution in [3.63, 3.8) is 0 Å². The maximum absolute atomic E-state index is 13.4. The van der Waals surface area contributed by atoms with Gasteiger partial charge in [0, 0.05) is 24.6 Å². The maximum atomic E-state index is 13.4. The summed E-state index contributed by atoms with van der Waals surface area (Å²) in [6.45, 7) is 2.90. The van der Waals surface area contributed by atoms with Crippen LogP contribution >= 0.6 is 0 Å². The van der Waals surface area contributed by atoms with Crippen LogP contribution in [-0.4, -0.2) is 75.3 Å². The second-order valence-corrected chi connectivity index (χ2v) is 15.2. The van der Waals surface area contributed by atoms with Crippen LogP contribution in [0.25, 0.3) is 11.1 Å². The summed E-state index contributed by atoms with van der Waals surface area (Å²) >= 11 is 0. The third-order valence-corrected chi connectivity index (χ3v) is 10.9. The first-order valence-corrected chi connectivity index (χ1v) is 19.7. The van der Waals surface area contributed by atoms with Crippen molar-refractivity contribution in [2.45, 2.75) is 63.7 Å². The van der Waals surface area contributed by atoms with Gasteiger partial charge >= 0.3 is 6.09 Å². The molecule has 2 heterocycles. The highest BCUT2D eigenvalue weighted by Crippen LogP contribution is 2.42. The van der Waals surface area contributed by atoms with E-state index in [4.69, 9.17) is 14.2 Å². The van der Waals surface area contributed by atoms with E-state index < -0.39 is 30.4 Å². The summed E-state index contributed by atoms with van der Waals surface area (Å²) < 4.78 is 18.6. The third-order valence-electron chi connectivity index (χ3n) is 10.9. The lowest BCUT2D eigenvalue weighted by atomic mass is 9.90. The molecule has 59 heavy (non-hydrogen) atoms. The number of aromatic hydroxyl groups is 1. The van der Waals surface area contributed by atoms with Gasteiger partial charge in [-0.25, -0.2) is 4.79 Å². The fraction of sp³-hybridized carbons (Fsp3) is 0.298. The molecule has 306 valence electrons. The van der Waals surface area contributed by atoms with Crippen LogP contribution in [0, 0.1) is 5.92 Å². The molecule has 0 spiro atoms. The minimum atomic E-state index is -1.01. The molecule has 2 saturated heterocycles. The highest BCUT2D eigenvalue weighted by molar-refractivity contribution is 6.06. The number of benzene rings is 5. The summed E-state index contributed by atoms with van der Waals surface area (Å²) in [4.78, 5) is 42.1. The Labute approximate surface area is 343 Å². The molecule has 3 amide bonds. The maximum Gasteiger partial charge on any atom is 0.408 e. The summed E-state index contributed by atoms with van der Waals surface area (Å²) in [5.41, 5.74) is 6.43. The van der Waals surface area contributed by atoms with Crippen molar-refractivity contribution in [1.29, 1.82) is 0 Å². The zero-order chi connectivity index (χ0) is 41.5. The van der Waals surface area contributed by atoms with Gasteiger partial charge in [0.15, 0.2) is 6.29 Å². The van der Waals surface area contributed by atoms with E-state index in [1.807, 2.05) is 115 Å². The van der Waals surface area contributed by atoms with Gasteiger partial charge in [-0.15, -0.1) is 0 Å². The monoisotopic (exact) mass is 799 g/mol. The van der Waals surface area contributed by atoms with Crippen LogP contribution in [0.15, 0.2) is 127 Å². The first kappa shape index (κ1) is 41.3. The summed E-state index contributed by atoms with van der Waals surface area (Å²) in [5, 5.41) is 33.1. The average Bonchev–Trinajstić information content (AvgIpc) is 3.51. The summed E-state index contributed by atoms with van der Waals surface area (Å²) in [7, 11) is 1.92. The molecule has 2 fully saturated rings. The SMILES string of the molecule is CC1C(CN(C)CC(O)c2cccc(O)c2)OC(c2ccc(-c3ccccc3CN3C(=O)CC(NC(=O)OCc4ccccc4)C3=O)cc2)OC1c1ccc(CO)cc1. The molecule has 2 aliphatic heterocycles. The number of phenolic OH excluding ortho intramolecular Hbond substituents is 1. The van der Waals surface area contributed by atoms with Gasteiger partial charge in [0.05, 0.1) is 37.9 Å². The second kappa shape index (κ2) is 18.8. The number of imide groups is 1. The molecule has 6 unspecified atom stereocenters. The first-order valence-electron chi connectivity index (χ1n) is 19.7. The Balaban J connectivity index is 1.04.